The maximum atomic E-state index is 12.4. The molecule has 0 bridgehead atoms. The van der Waals surface area contributed by atoms with Crippen molar-refractivity contribution in [2.24, 2.45) is 0 Å². The molecule has 0 aliphatic heterocycles. The van der Waals surface area contributed by atoms with Crippen molar-refractivity contribution < 1.29 is 13.5 Å². The van der Waals surface area contributed by atoms with Gasteiger partial charge in [-0.05, 0) is 47.0 Å². The molecule has 0 spiro atoms. The molecule has 0 aliphatic carbocycles. The summed E-state index contributed by atoms with van der Waals surface area (Å²) in [6, 6.07) is 4.86. The van der Waals surface area contributed by atoms with E-state index < -0.39 is 15.6 Å². The number of benzene rings is 1. The van der Waals surface area contributed by atoms with Crippen molar-refractivity contribution in [1.29, 1.82) is 0 Å². The normalized spacial score (nSPS) is 12.7. The predicted molar refractivity (Wildman–Crippen MR) is 82.6 cm³/mol. The van der Waals surface area contributed by atoms with Crippen LogP contribution in [0.1, 0.15) is 26.7 Å². The molecule has 108 valence electrons. The van der Waals surface area contributed by atoms with E-state index in [-0.39, 0.29) is 11.5 Å². The Morgan fingerprint density at radius 3 is 2.26 bits per heavy atom. The average Bonchev–Trinajstić information content (AvgIpc) is 2.35. The molecule has 0 aliphatic rings. The largest absolute Gasteiger partial charge is 0.394 e. The van der Waals surface area contributed by atoms with Crippen LogP contribution in [0.3, 0.4) is 0 Å². The summed E-state index contributed by atoms with van der Waals surface area (Å²) in [7, 11) is -3.68. The zero-order valence-corrected chi connectivity index (χ0v) is 14.8. The number of aliphatic hydroxyl groups excluding tert-OH is 1. The fourth-order valence-corrected chi connectivity index (χ4v) is 4.97. The lowest BCUT2D eigenvalue weighted by atomic mass is 9.96. The molecule has 0 saturated heterocycles. The van der Waals surface area contributed by atoms with Crippen LogP contribution in [-0.2, 0) is 10.0 Å². The molecular weight excluding hydrogens is 398 g/mol. The van der Waals surface area contributed by atoms with Crippen LogP contribution >= 0.6 is 31.9 Å². The van der Waals surface area contributed by atoms with E-state index in [1.165, 1.54) is 6.07 Å². The number of hydrogen-bond acceptors (Lipinski definition) is 3. The van der Waals surface area contributed by atoms with Gasteiger partial charge in [-0.2, -0.15) is 0 Å². The van der Waals surface area contributed by atoms with Crippen molar-refractivity contribution in [3.05, 3.63) is 27.1 Å². The average molecular weight is 415 g/mol. The molecule has 0 saturated carbocycles. The highest BCUT2D eigenvalue weighted by Crippen LogP contribution is 2.27. The van der Waals surface area contributed by atoms with Crippen LogP contribution in [0.25, 0.3) is 0 Å². The number of halogens is 2. The lowest BCUT2D eigenvalue weighted by Crippen LogP contribution is -2.50. The number of rotatable bonds is 6. The van der Waals surface area contributed by atoms with Crippen LogP contribution in [0.2, 0.25) is 0 Å². The summed E-state index contributed by atoms with van der Waals surface area (Å²) in [6.07, 6.45) is 1.04. The van der Waals surface area contributed by atoms with Gasteiger partial charge in [0.15, 0.2) is 0 Å². The molecule has 2 N–H and O–H groups in total. The van der Waals surface area contributed by atoms with Gasteiger partial charge in [-0.15, -0.1) is 0 Å². The van der Waals surface area contributed by atoms with Gasteiger partial charge in [0.2, 0.25) is 10.0 Å². The van der Waals surface area contributed by atoms with Crippen LogP contribution in [0.15, 0.2) is 32.0 Å². The van der Waals surface area contributed by atoms with Gasteiger partial charge in [0.05, 0.1) is 17.0 Å². The fraction of sp³-hybridized carbons (Fsp3) is 0.500. The SMILES string of the molecule is CCC(CC)(CO)NS(=O)(=O)c1ccc(Br)cc1Br. The standard InChI is InChI=1S/C12H17Br2NO3S/c1-3-12(4-2,8-16)15-19(17,18)11-6-5-9(13)7-10(11)14/h5-7,15-16H,3-4,8H2,1-2H3. The van der Waals surface area contributed by atoms with E-state index in [9.17, 15) is 13.5 Å². The third-order valence-corrected chi connectivity index (χ3v) is 6.24. The monoisotopic (exact) mass is 413 g/mol. The molecule has 1 aromatic rings. The zero-order valence-electron chi connectivity index (χ0n) is 10.8. The number of aliphatic hydroxyl groups is 1. The van der Waals surface area contributed by atoms with E-state index in [2.05, 4.69) is 36.6 Å². The first-order valence-corrected chi connectivity index (χ1v) is 8.97. The van der Waals surface area contributed by atoms with Crippen LogP contribution in [0.5, 0.6) is 0 Å². The van der Waals surface area contributed by atoms with Crippen LogP contribution in [-0.4, -0.2) is 25.7 Å². The van der Waals surface area contributed by atoms with Crippen molar-refractivity contribution in [2.75, 3.05) is 6.61 Å². The summed E-state index contributed by atoms with van der Waals surface area (Å²) in [6.45, 7) is 3.46. The third kappa shape index (κ3) is 4.01. The molecule has 19 heavy (non-hydrogen) atoms. The van der Waals surface area contributed by atoms with Gasteiger partial charge in [-0.25, -0.2) is 13.1 Å². The van der Waals surface area contributed by atoms with Gasteiger partial charge >= 0.3 is 0 Å². The highest BCUT2D eigenvalue weighted by molar-refractivity contribution is 9.11. The Bertz CT molecular complexity index is 534. The van der Waals surface area contributed by atoms with Gasteiger partial charge in [-0.1, -0.05) is 29.8 Å². The van der Waals surface area contributed by atoms with Gasteiger partial charge in [0.1, 0.15) is 0 Å². The second-order valence-electron chi connectivity index (χ2n) is 4.33. The summed E-state index contributed by atoms with van der Waals surface area (Å²) in [5.41, 5.74) is -0.814. The first kappa shape index (κ1) is 17.1. The van der Waals surface area contributed by atoms with Gasteiger partial charge in [0.25, 0.3) is 0 Å². The van der Waals surface area contributed by atoms with Crippen molar-refractivity contribution in [3.63, 3.8) is 0 Å². The summed E-state index contributed by atoms with van der Waals surface area (Å²) in [4.78, 5) is 0.162. The van der Waals surface area contributed by atoms with E-state index >= 15 is 0 Å². The molecule has 1 aromatic carbocycles. The topological polar surface area (TPSA) is 66.4 Å². The van der Waals surface area contributed by atoms with Crippen LogP contribution < -0.4 is 4.72 Å². The third-order valence-electron chi connectivity index (χ3n) is 3.19. The minimum absolute atomic E-state index is 0.162. The molecule has 0 radical (unpaired) electrons. The fourth-order valence-electron chi connectivity index (χ4n) is 1.68. The highest BCUT2D eigenvalue weighted by Gasteiger charge is 2.32. The van der Waals surface area contributed by atoms with Gasteiger partial charge in [0, 0.05) is 8.95 Å². The molecule has 4 nitrogen and oxygen atoms in total. The van der Waals surface area contributed by atoms with Gasteiger partial charge < -0.3 is 5.11 Å². The lowest BCUT2D eigenvalue weighted by Gasteiger charge is -2.30. The van der Waals surface area contributed by atoms with Crippen LogP contribution in [0.4, 0.5) is 0 Å². The first-order chi connectivity index (χ1) is 8.80. The second kappa shape index (κ2) is 6.67. The summed E-state index contributed by atoms with van der Waals surface area (Å²) < 4.78 is 28.7. The molecule has 7 heteroatoms. The Morgan fingerprint density at radius 2 is 1.84 bits per heavy atom. The van der Waals surface area contributed by atoms with Crippen LogP contribution in [0, 0.1) is 0 Å². The lowest BCUT2D eigenvalue weighted by molar-refractivity contribution is 0.172. The van der Waals surface area contributed by atoms with Crippen molar-refractivity contribution in [2.45, 2.75) is 37.1 Å². The van der Waals surface area contributed by atoms with Crippen molar-refractivity contribution in [1.82, 2.24) is 4.72 Å². The molecule has 0 aromatic heterocycles. The molecule has 0 unspecified atom stereocenters. The highest BCUT2D eigenvalue weighted by atomic mass is 79.9. The molecular formula is C12H17Br2NO3S. The molecule has 1 rings (SSSR count). The Balaban J connectivity index is 3.17. The smallest absolute Gasteiger partial charge is 0.242 e. The van der Waals surface area contributed by atoms with E-state index in [1.54, 1.807) is 12.1 Å². The predicted octanol–water partition coefficient (Wildman–Crippen LogP) is 3.04. The van der Waals surface area contributed by atoms with E-state index in [0.717, 1.165) is 4.47 Å². The second-order valence-corrected chi connectivity index (χ2v) is 7.75. The summed E-state index contributed by atoms with van der Waals surface area (Å²) in [5.74, 6) is 0. The minimum Gasteiger partial charge on any atom is -0.394 e. The zero-order chi connectivity index (χ0) is 14.7. The van der Waals surface area contributed by atoms with E-state index in [0.29, 0.717) is 17.3 Å². The quantitative estimate of drug-likeness (QED) is 0.751. The number of hydrogen-bond donors (Lipinski definition) is 2. The maximum Gasteiger partial charge on any atom is 0.242 e. The van der Waals surface area contributed by atoms with Crippen molar-refractivity contribution in [3.8, 4) is 0 Å². The molecule has 0 atom stereocenters. The Labute approximate surface area is 130 Å². The maximum absolute atomic E-state index is 12.4. The summed E-state index contributed by atoms with van der Waals surface area (Å²) in [5, 5.41) is 9.45. The molecule has 0 heterocycles. The van der Waals surface area contributed by atoms with E-state index in [4.69, 9.17) is 0 Å². The van der Waals surface area contributed by atoms with Gasteiger partial charge in [-0.3, -0.25) is 0 Å². The molecule has 0 fully saturated rings. The minimum atomic E-state index is -3.68. The number of sulfonamides is 1. The number of nitrogens with one attached hydrogen (secondary N) is 1. The Morgan fingerprint density at radius 1 is 1.26 bits per heavy atom. The van der Waals surface area contributed by atoms with E-state index in [1.807, 2.05) is 13.8 Å². The Hall–Kier alpha value is 0.0500. The van der Waals surface area contributed by atoms with Crippen molar-refractivity contribution >= 4 is 41.9 Å². The first-order valence-electron chi connectivity index (χ1n) is 5.90. The molecule has 0 amide bonds. The summed E-state index contributed by atoms with van der Waals surface area (Å²) >= 11 is 6.52. The Kier molecular flexibility index (Phi) is 6.00.